The lowest BCUT2D eigenvalue weighted by Gasteiger charge is -2.09. The SMILES string of the molecule is CCc1cc(-c2sc3cc(-c4ccccc4[PH](=O)c4ccccc4)sc3c2-c2cc(C)sc2C)c(C)s1. The van der Waals surface area contributed by atoms with Gasteiger partial charge in [-0.25, -0.2) is 0 Å². The summed E-state index contributed by atoms with van der Waals surface area (Å²) in [6.45, 7) is 8.94. The summed E-state index contributed by atoms with van der Waals surface area (Å²) >= 11 is 7.55. The van der Waals surface area contributed by atoms with Crippen LogP contribution >= 0.6 is 53.1 Å². The van der Waals surface area contributed by atoms with Gasteiger partial charge in [-0.3, -0.25) is 0 Å². The molecule has 1 atom stereocenters. The molecule has 0 N–H and O–H groups in total. The van der Waals surface area contributed by atoms with Crippen molar-refractivity contribution in [2.45, 2.75) is 34.1 Å². The first-order chi connectivity index (χ1) is 17.9. The molecule has 186 valence electrons. The lowest BCUT2D eigenvalue weighted by Crippen LogP contribution is -2.08. The van der Waals surface area contributed by atoms with Crippen molar-refractivity contribution in [3.63, 3.8) is 0 Å². The van der Waals surface area contributed by atoms with Gasteiger partial charge in [0.2, 0.25) is 0 Å². The Kier molecular flexibility index (Phi) is 6.85. The standard InChI is InChI=1S/C31H27OPS4/c1-5-22-16-25(20(4)35-22)30-29(24-15-18(2)34-19(24)3)31-28(37-30)17-27(36-31)23-13-9-10-14-26(23)33(32)21-11-7-6-8-12-21/h6-17,33H,5H2,1-4H3. The minimum atomic E-state index is -2.10. The van der Waals surface area contributed by atoms with Gasteiger partial charge in [0.15, 0.2) is 0 Å². The highest BCUT2D eigenvalue weighted by Crippen LogP contribution is 2.53. The third-order valence-corrected chi connectivity index (χ3v) is 13.1. The molecule has 0 fully saturated rings. The Morgan fingerprint density at radius 3 is 2.16 bits per heavy atom. The van der Waals surface area contributed by atoms with Crippen LogP contribution in [0.1, 0.15) is 26.4 Å². The number of rotatable bonds is 6. The zero-order chi connectivity index (χ0) is 25.7. The molecule has 37 heavy (non-hydrogen) atoms. The smallest absolute Gasteiger partial charge is 0.132 e. The monoisotopic (exact) mass is 574 g/mol. The minimum Gasteiger partial charge on any atom is -0.317 e. The van der Waals surface area contributed by atoms with Crippen molar-refractivity contribution in [2.75, 3.05) is 0 Å². The average molecular weight is 575 g/mol. The van der Waals surface area contributed by atoms with Crippen LogP contribution in [0, 0.1) is 20.8 Å². The van der Waals surface area contributed by atoms with Crippen LogP contribution in [0.5, 0.6) is 0 Å². The maximum atomic E-state index is 13.6. The molecule has 6 aromatic rings. The normalized spacial score (nSPS) is 12.4. The quantitative estimate of drug-likeness (QED) is 0.181. The van der Waals surface area contributed by atoms with Gasteiger partial charge in [0.05, 0.1) is 4.70 Å². The third-order valence-electron chi connectivity index (χ3n) is 6.71. The molecule has 0 aliphatic heterocycles. The molecule has 0 aliphatic rings. The Labute approximate surface area is 234 Å². The predicted octanol–water partition coefficient (Wildman–Crippen LogP) is 10.1. The van der Waals surface area contributed by atoms with E-state index in [1.54, 1.807) is 0 Å². The minimum absolute atomic E-state index is 0.908. The van der Waals surface area contributed by atoms with Gasteiger partial charge in [0.1, 0.15) is 7.80 Å². The molecular formula is C31H27OPS4. The fourth-order valence-corrected chi connectivity index (χ4v) is 11.3. The van der Waals surface area contributed by atoms with Gasteiger partial charge >= 0.3 is 0 Å². The van der Waals surface area contributed by atoms with E-state index in [1.165, 1.54) is 55.4 Å². The van der Waals surface area contributed by atoms with Gasteiger partial charge in [0, 0.05) is 61.3 Å². The van der Waals surface area contributed by atoms with Crippen LogP contribution in [0.15, 0.2) is 72.8 Å². The van der Waals surface area contributed by atoms with E-state index >= 15 is 0 Å². The second-order valence-electron chi connectivity index (χ2n) is 9.21. The molecule has 4 heterocycles. The summed E-state index contributed by atoms with van der Waals surface area (Å²) in [5.74, 6) is 0. The van der Waals surface area contributed by atoms with Crippen molar-refractivity contribution < 1.29 is 4.57 Å². The highest BCUT2D eigenvalue weighted by molar-refractivity contribution is 7.61. The van der Waals surface area contributed by atoms with Crippen LogP contribution in [0.25, 0.3) is 41.4 Å². The van der Waals surface area contributed by atoms with Crippen LogP contribution < -0.4 is 10.6 Å². The highest BCUT2D eigenvalue weighted by atomic mass is 32.1. The van der Waals surface area contributed by atoms with Crippen molar-refractivity contribution >= 4 is 73.2 Å². The van der Waals surface area contributed by atoms with Crippen molar-refractivity contribution in [2.24, 2.45) is 0 Å². The summed E-state index contributed by atoms with van der Waals surface area (Å²) in [6.07, 6.45) is 1.07. The van der Waals surface area contributed by atoms with Crippen LogP contribution in [0.4, 0.5) is 0 Å². The Morgan fingerprint density at radius 2 is 1.46 bits per heavy atom. The first kappa shape index (κ1) is 25.0. The third kappa shape index (κ3) is 4.51. The Morgan fingerprint density at radius 1 is 0.730 bits per heavy atom. The molecule has 4 aromatic heterocycles. The Hall–Kier alpha value is -2.27. The molecule has 0 bridgehead atoms. The van der Waals surface area contributed by atoms with E-state index in [2.05, 4.69) is 58.0 Å². The van der Waals surface area contributed by atoms with Crippen LogP contribution in [0.3, 0.4) is 0 Å². The molecule has 1 nitrogen and oxygen atoms in total. The van der Waals surface area contributed by atoms with Crippen molar-refractivity contribution in [3.05, 3.63) is 92.3 Å². The molecule has 2 aromatic carbocycles. The van der Waals surface area contributed by atoms with E-state index in [0.29, 0.717) is 0 Å². The number of aryl methyl sites for hydroxylation is 4. The highest BCUT2D eigenvalue weighted by Gasteiger charge is 2.24. The maximum absolute atomic E-state index is 13.6. The average Bonchev–Trinajstić information content (AvgIpc) is 3.66. The van der Waals surface area contributed by atoms with Gasteiger partial charge in [-0.05, 0) is 51.0 Å². The summed E-state index contributed by atoms with van der Waals surface area (Å²) < 4.78 is 16.3. The van der Waals surface area contributed by atoms with Crippen molar-refractivity contribution in [1.29, 1.82) is 0 Å². The van der Waals surface area contributed by atoms with Gasteiger partial charge < -0.3 is 4.57 Å². The van der Waals surface area contributed by atoms with E-state index in [1.807, 2.05) is 87.8 Å². The maximum Gasteiger partial charge on any atom is 0.132 e. The number of thiophene rings is 4. The zero-order valence-corrected chi connectivity index (χ0v) is 25.4. The molecule has 0 saturated heterocycles. The molecule has 0 aliphatic carbocycles. The zero-order valence-electron chi connectivity index (χ0n) is 21.2. The van der Waals surface area contributed by atoms with Crippen LogP contribution in [0.2, 0.25) is 0 Å². The van der Waals surface area contributed by atoms with E-state index in [0.717, 1.165) is 22.6 Å². The molecule has 6 heteroatoms. The lowest BCUT2D eigenvalue weighted by atomic mass is 10.0. The van der Waals surface area contributed by atoms with E-state index in [4.69, 9.17) is 0 Å². The predicted molar refractivity (Wildman–Crippen MR) is 170 cm³/mol. The topological polar surface area (TPSA) is 17.1 Å². The van der Waals surface area contributed by atoms with Crippen LogP contribution in [-0.2, 0) is 11.0 Å². The Balaban J connectivity index is 1.55. The summed E-state index contributed by atoms with van der Waals surface area (Å²) in [7, 11) is -2.10. The van der Waals surface area contributed by atoms with Gasteiger partial charge in [0.25, 0.3) is 0 Å². The lowest BCUT2D eigenvalue weighted by molar-refractivity contribution is 0.598. The van der Waals surface area contributed by atoms with Gasteiger partial charge in [-0.15, -0.1) is 45.3 Å². The molecule has 6 rings (SSSR count). The summed E-state index contributed by atoms with van der Waals surface area (Å²) in [5, 5.41) is 1.85. The molecule has 0 radical (unpaired) electrons. The number of hydrogen-bond acceptors (Lipinski definition) is 5. The van der Waals surface area contributed by atoms with Gasteiger partial charge in [-0.2, -0.15) is 0 Å². The Bertz CT molecular complexity index is 1760. The fraction of sp³-hybridized carbons (Fsp3) is 0.161. The van der Waals surface area contributed by atoms with E-state index in [-0.39, 0.29) is 0 Å². The number of hydrogen-bond donors (Lipinski definition) is 0. The van der Waals surface area contributed by atoms with Crippen molar-refractivity contribution in [3.8, 4) is 32.0 Å². The molecular weight excluding hydrogens is 548 g/mol. The second-order valence-corrected chi connectivity index (χ2v) is 15.9. The first-order valence-corrected chi connectivity index (χ1v) is 17.0. The fourth-order valence-electron chi connectivity index (χ4n) is 4.92. The largest absolute Gasteiger partial charge is 0.317 e. The van der Waals surface area contributed by atoms with E-state index < -0.39 is 7.80 Å². The molecule has 0 spiro atoms. The summed E-state index contributed by atoms with van der Waals surface area (Å²) in [4.78, 5) is 8.12. The molecule has 0 amide bonds. The number of benzene rings is 2. The summed E-state index contributed by atoms with van der Waals surface area (Å²) in [6, 6.07) is 25.2. The van der Waals surface area contributed by atoms with E-state index in [9.17, 15) is 4.57 Å². The van der Waals surface area contributed by atoms with Crippen molar-refractivity contribution in [1.82, 2.24) is 0 Å². The molecule has 1 unspecified atom stereocenters. The number of fused-ring (bicyclic) bond motifs is 1. The second kappa shape index (κ2) is 10.1. The molecule has 0 saturated carbocycles. The summed E-state index contributed by atoms with van der Waals surface area (Å²) in [5.41, 5.74) is 5.20. The van der Waals surface area contributed by atoms with Crippen LogP contribution in [-0.4, -0.2) is 0 Å². The first-order valence-electron chi connectivity index (χ1n) is 12.4. The van der Waals surface area contributed by atoms with Gasteiger partial charge in [-0.1, -0.05) is 61.5 Å².